The summed E-state index contributed by atoms with van der Waals surface area (Å²) in [4.78, 5) is 6.23. The third-order valence-electron chi connectivity index (χ3n) is 2.38. The predicted molar refractivity (Wildman–Crippen MR) is 64.0 cm³/mol. The van der Waals surface area contributed by atoms with Gasteiger partial charge in [-0.1, -0.05) is 12.1 Å². The van der Waals surface area contributed by atoms with Crippen molar-refractivity contribution >= 4 is 5.69 Å². The molecule has 0 spiro atoms. The molecule has 1 heterocycles. The standard InChI is InChI=1S/C13H13FN2/c1-16(2)12-6-7-15-13(9-12)10-4-3-5-11(14)8-10/h3-9H,1-2H3. The fourth-order valence-corrected chi connectivity index (χ4v) is 1.50. The molecule has 0 N–H and O–H groups in total. The molecule has 0 radical (unpaired) electrons. The van der Waals surface area contributed by atoms with Crippen LogP contribution in [0.25, 0.3) is 11.3 Å². The second-order valence-corrected chi connectivity index (χ2v) is 3.80. The van der Waals surface area contributed by atoms with Crippen LogP contribution in [0.15, 0.2) is 42.6 Å². The molecule has 0 amide bonds. The van der Waals surface area contributed by atoms with Crippen molar-refractivity contribution in [3.63, 3.8) is 0 Å². The van der Waals surface area contributed by atoms with E-state index >= 15 is 0 Å². The van der Waals surface area contributed by atoms with Crippen molar-refractivity contribution in [2.75, 3.05) is 19.0 Å². The Hall–Kier alpha value is -1.90. The highest BCUT2D eigenvalue weighted by atomic mass is 19.1. The summed E-state index contributed by atoms with van der Waals surface area (Å²) in [7, 11) is 3.93. The van der Waals surface area contributed by atoms with E-state index in [2.05, 4.69) is 4.98 Å². The van der Waals surface area contributed by atoms with Gasteiger partial charge in [-0.15, -0.1) is 0 Å². The van der Waals surface area contributed by atoms with Crippen LogP contribution in [0.5, 0.6) is 0 Å². The highest BCUT2D eigenvalue weighted by Crippen LogP contribution is 2.21. The zero-order valence-electron chi connectivity index (χ0n) is 9.31. The maximum Gasteiger partial charge on any atom is 0.123 e. The Bertz CT molecular complexity index is 495. The van der Waals surface area contributed by atoms with Crippen LogP contribution in [0.3, 0.4) is 0 Å². The van der Waals surface area contributed by atoms with Gasteiger partial charge in [-0.2, -0.15) is 0 Å². The molecule has 2 nitrogen and oxygen atoms in total. The number of hydrogen-bond donors (Lipinski definition) is 0. The molecule has 0 unspecified atom stereocenters. The molecular weight excluding hydrogens is 203 g/mol. The van der Waals surface area contributed by atoms with E-state index < -0.39 is 0 Å². The first-order chi connectivity index (χ1) is 7.66. The summed E-state index contributed by atoms with van der Waals surface area (Å²) in [5.74, 6) is -0.241. The van der Waals surface area contributed by atoms with Crippen LogP contribution in [0.2, 0.25) is 0 Å². The molecule has 2 aromatic rings. The number of halogens is 1. The molecule has 0 atom stereocenters. The van der Waals surface area contributed by atoms with Crippen molar-refractivity contribution in [1.82, 2.24) is 4.98 Å². The van der Waals surface area contributed by atoms with Crippen LogP contribution >= 0.6 is 0 Å². The lowest BCUT2D eigenvalue weighted by Crippen LogP contribution is -2.08. The van der Waals surface area contributed by atoms with Gasteiger partial charge >= 0.3 is 0 Å². The highest BCUT2D eigenvalue weighted by Gasteiger charge is 2.02. The summed E-state index contributed by atoms with van der Waals surface area (Å²) >= 11 is 0. The number of aromatic nitrogens is 1. The Balaban J connectivity index is 2.44. The van der Waals surface area contributed by atoms with Crippen LogP contribution in [0.4, 0.5) is 10.1 Å². The van der Waals surface area contributed by atoms with Crippen LogP contribution in [0.1, 0.15) is 0 Å². The van der Waals surface area contributed by atoms with Gasteiger partial charge in [-0.25, -0.2) is 4.39 Å². The first-order valence-electron chi connectivity index (χ1n) is 5.06. The summed E-state index contributed by atoms with van der Waals surface area (Å²) in [5.41, 5.74) is 2.63. The van der Waals surface area contributed by atoms with Crippen molar-refractivity contribution in [1.29, 1.82) is 0 Å². The molecule has 1 aromatic heterocycles. The average molecular weight is 216 g/mol. The maximum atomic E-state index is 13.1. The van der Waals surface area contributed by atoms with E-state index in [4.69, 9.17) is 0 Å². The Labute approximate surface area is 94.4 Å². The largest absolute Gasteiger partial charge is 0.378 e. The van der Waals surface area contributed by atoms with Gasteiger partial charge in [0, 0.05) is 31.5 Å². The normalized spacial score (nSPS) is 10.2. The van der Waals surface area contributed by atoms with Gasteiger partial charge < -0.3 is 4.90 Å². The van der Waals surface area contributed by atoms with E-state index in [1.807, 2.05) is 37.2 Å². The molecule has 3 heteroatoms. The second-order valence-electron chi connectivity index (χ2n) is 3.80. The van der Waals surface area contributed by atoms with Gasteiger partial charge in [0.15, 0.2) is 0 Å². The van der Waals surface area contributed by atoms with Crippen LogP contribution in [-0.4, -0.2) is 19.1 Å². The molecule has 0 aliphatic carbocycles. The van der Waals surface area contributed by atoms with Crippen molar-refractivity contribution in [3.05, 3.63) is 48.4 Å². The number of rotatable bonds is 2. The maximum absolute atomic E-state index is 13.1. The van der Waals surface area contributed by atoms with Crippen molar-refractivity contribution in [2.24, 2.45) is 0 Å². The molecule has 0 saturated heterocycles. The lowest BCUT2D eigenvalue weighted by molar-refractivity contribution is 0.628. The molecular formula is C13H13FN2. The fraction of sp³-hybridized carbons (Fsp3) is 0.154. The topological polar surface area (TPSA) is 16.1 Å². The third-order valence-corrected chi connectivity index (χ3v) is 2.38. The van der Waals surface area contributed by atoms with E-state index in [-0.39, 0.29) is 5.82 Å². The van der Waals surface area contributed by atoms with Gasteiger partial charge in [-0.3, -0.25) is 4.98 Å². The number of benzene rings is 1. The summed E-state index contributed by atoms with van der Waals surface area (Å²) < 4.78 is 13.1. The Morgan fingerprint density at radius 3 is 2.62 bits per heavy atom. The van der Waals surface area contributed by atoms with Gasteiger partial charge in [-0.05, 0) is 24.3 Å². The number of nitrogens with zero attached hydrogens (tertiary/aromatic N) is 2. The van der Waals surface area contributed by atoms with E-state index in [1.165, 1.54) is 12.1 Å². The Morgan fingerprint density at radius 1 is 1.12 bits per heavy atom. The summed E-state index contributed by atoms with van der Waals surface area (Å²) in [5, 5.41) is 0. The molecule has 0 aliphatic heterocycles. The molecule has 16 heavy (non-hydrogen) atoms. The Kier molecular flexibility index (Phi) is 2.86. The quantitative estimate of drug-likeness (QED) is 0.767. The van der Waals surface area contributed by atoms with Crippen molar-refractivity contribution in [3.8, 4) is 11.3 Å². The zero-order valence-corrected chi connectivity index (χ0v) is 9.31. The second kappa shape index (κ2) is 4.31. The van der Waals surface area contributed by atoms with Gasteiger partial charge in [0.1, 0.15) is 5.82 Å². The lowest BCUT2D eigenvalue weighted by Gasteiger charge is -2.13. The van der Waals surface area contributed by atoms with E-state index in [0.717, 1.165) is 16.9 Å². The zero-order chi connectivity index (χ0) is 11.5. The van der Waals surface area contributed by atoms with Crippen molar-refractivity contribution in [2.45, 2.75) is 0 Å². The molecule has 0 saturated carbocycles. The summed E-state index contributed by atoms with van der Waals surface area (Å²) in [6.45, 7) is 0. The van der Waals surface area contributed by atoms with E-state index in [9.17, 15) is 4.39 Å². The van der Waals surface area contributed by atoms with Gasteiger partial charge in [0.05, 0.1) is 5.69 Å². The SMILES string of the molecule is CN(C)c1ccnc(-c2cccc(F)c2)c1. The molecule has 2 rings (SSSR count). The first kappa shape index (κ1) is 10.6. The minimum Gasteiger partial charge on any atom is -0.378 e. The van der Waals surface area contributed by atoms with Crippen molar-refractivity contribution < 1.29 is 4.39 Å². The molecule has 1 aromatic carbocycles. The molecule has 82 valence electrons. The summed E-state index contributed by atoms with van der Waals surface area (Å²) in [6.07, 6.45) is 1.73. The molecule has 0 fully saturated rings. The minimum atomic E-state index is -0.241. The van der Waals surface area contributed by atoms with E-state index in [0.29, 0.717) is 0 Å². The fourth-order valence-electron chi connectivity index (χ4n) is 1.50. The highest BCUT2D eigenvalue weighted by molar-refractivity contribution is 5.64. The molecule has 0 bridgehead atoms. The Morgan fingerprint density at radius 2 is 1.94 bits per heavy atom. The number of anilines is 1. The third kappa shape index (κ3) is 2.19. The predicted octanol–water partition coefficient (Wildman–Crippen LogP) is 2.95. The van der Waals surface area contributed by atoms with Crippen LogP contribution in [-0.2, 0) is 0 Å². The number of hydrogen-bond acceptors (Lipinski definition) is 2. The monoisotopic (exact) mass is 216 g/mol. The smallest absolute Gasteiger partial charge is 0.123 e. The van der Waals surface area contributed by atoms with Crippen LogP contribution in [0, 0.1) is 5.82 Å². The number of pyridine rings is 1. The minimum absolute atomic E-state index is 0.241. The first-order valence-corrected chi connectivity index (χ1v) is 5.06. The van der Waals surface area contributed by atoms with Crippen LogP contribution < -0.4 is 4.90 Å². The van der Waals surface area contributed by atoms with E-state index in [1.54, 1.807) is 12.3 Å². The lowest BCUT2D eigenvalue weighted by atomic mass is 10.1. The molecule has 0 aliphatic rings. The van der Waals surface area contributed by atoms with Gasteiger partial charge in [0.2, 0.25) is 0 Å². The summed E-state index contributed by atoms with van der Waals surface area (Å²) in [6, 6.07) is 10.3. The van der Waals surface area contributed by atoms with Gasteiger partial charge in [0.25, 0.3) is 0 Å². The average Bonchev–Trinajstić information content (AvgIpc) is 2.29.